The second-order valence-corrected chi connectivity index (χ2v) is 5.80. The molecule has 0 unspecified atom stereocenters. The molecule has 0 amide bonds. The summed E-state index contributed by atoms with van der Waals surface area (Å²) >= 11 is 0. The summed E-state index contributed by atoms with van der Waals surface area (Å²) in [5, 5.41) is 12.7. The average Bonchev–Trinajstić information content (AvgIpc) is 2.52. The van der Waals surface area contributed by atoms with Crippen molar-refractivity contribution in [3.05, 3.63) is 11.8 Å². The van der Waals surface area contributed by atoms with Crippen LogP contribution in [0.3, 0.4) is 0 Å². The Balaban J connectivity index is 2.25. The number of carbonyl (C=O) groups is 1. The molecule has 0 aliphatic carbocycles. The first-order chi connectivity index (χ1) is 10.5. The molecule has 7 heteroatoms. The zero-order valence-corrected chi connectivity index (χ0v) is 13.4. The van der Waals surface area contributed by atoms with Crippen molar-refractivity contribution in [2.75, 3.05) is 44.1 Å². The highest BCUT2D eigenvalue weighted by atomic mass is 16.5. The minimum atomic E-state index is -0.791. The molecule has 2 heterocycles. The van der Waals surface area contributed by atoms with Crippen LogP contribution < -0.4 is 10.2 Å². The number of nitrogens with zero attached hydrogens (tertiary/aromatic N) is 3. The summed E-state index contributed by atoms with van der Waals surface area (Å²) in [7, 11) is 3.40. The Morgan fingerprint density at radius 2 is 2.32 bits per heavy atom. The fraction of sp³-hybridized carbons (Fsp3) is 0.667. The molecular weight excluding hydrogens is 284 g/mol. The summed E-state index contributed by atoms with van der Waals surface area (Å²) in [6.45, 7) is 3.54. The molecule has 1 aromatic heterocycles. The van der Waals surface area contributed by atoms with Crippen molar-refractivity contribution in [3.63, 3.8) is 0 Å². The van der Waals surface area contributed by atoms with E-state index in [4.69, 9.17) is 4.74 Å². The Bertz CT molecular complexity index is 538. The quantitative estimate of drug-likeness (QED) is 0.824. The number of piperidine rings is 1. The van der Waals surface area contributed by atoms with Crippen LogP contribution in [-0.2, 0) is 9.53 Å². The average molecular weight is 308 g/mol. The van der Waals surface area contributed by atoms with Crippen LogP contribution in [0.2, 0.25) is 0 Å². The first-order valence-corrected chi connectivity index (χ1v) is 7.51. The molecular formula is C15H24N4O3. The van der Waals surface area contributed by atoms with Gasteiger partial charge in [0.1, 0.15) is 5.82 Å². The first-order valence-electron chi connectivity index (χ1n) is 7.51. The molecule has 2 N–H and O–H groups in total. The van der Waals surface area contributed by atoms with Crippen molar-refractivity contribution < 1.29 is 14.6 Å². The summed E-state index contributed by atoms with van der Waals surface area (Å²) in [6.07, 6.45) is 1.97. The van der Waals surface area contributed by atoms with Crippen molar-refractivity contribution in [2.45, 2.75) is 26.2 Å². The SMILES string of the molecule is CNc1cc(C)nc(N2CCC[C@](CCOC)(C(=O)O)C2)n1. The van der Waals surface area contributed by atoms with Gasteiger partial charge >= 0.3 is 5.97 Å². The number of aryl methyl sites for hydroxylation is 1. The smallest absolute Gasteiger partial charge is 0.311 e. The van der Waals surface area contributed by atoms with Crippen LogP contribution in [0.25, 0.3) is 0 Å². The molecule has 122 valence electrons. The lowest BCUT2D eigenvalue weighted by molar-refractivity contribution is -0.150. The van der Waals surface area contributed by atoms with E-state index in [1.165, 1.54) is 0 Å². The predicted molar refractivity (Wildman–Crippen MR) is 84.3 cm³/mol. The first kappa shape index (κ1) is 16.5. The number of aromatic nitrogens is 2. The molecule has 1 fully saturated rings. The van der Waals surface area contributed by atoms with Crippen LogP contribution in [0, 0.1) is 12.3 Å². The van der Waals surface area contributed by atoms with E-state index >= 15 is 0 Å². The van der Waals surface area contributed by atoms with Gasteiger partial charge in [0, 0.05) is 45.6 Å². The predicted octanol–water partition coefficient (Wildman–Crippen LogP) is 1.53. The Morgan fingerprint density at radius 3 is 2.95 bits per heavy atom. The molecule has 0 saturated carbocycles. The van der Waals surface area contributed by atoms with Gasteiger partial charge in [-0.2, -0.15) is 4.98 Å². The summed E-state index contributed by atoms with van der Waals surface area (Å²) < 4.78 is 5.09. The van der Waals surface area contributed by atoms with E-state index in [0.29, 0.717) is 31.9 Å². The van der Waals surface area contributed by atoms with E-state index in [-0.39, 0.29) is 0 Å². The van der Waals surface area contributed by atoms with Gasteiger partial charge in [0.15, 0.2) is 0 Å². The highest BCUT2D eigenvalue weighted by Crippen LogP contribution is 2.35. The van der Waals surface area contributed by atoms with Crippen LogP contribution in [0.15, 0.2) is 6.07 Å². The third-order valence-electron chi connectivity index (χ3n) is 4.20. The Kier molecular flexibility index (Phi) is 5.18. The number of hydrogen-bond acceptors (Lipinski definition) is 6. The van der Waals surface area contributed by atoms with E-state index in [9.17, 15) is 9.90 Å². The third kappa shape index (κ3) is 3.47. The van der Waals surface area contributed by atoms with Gasteiger partial charge in [0.2, 0.25) is 5.95 Å². The van der Waals surface area contributed by atoms with Crippen LogP contribution in [0.5, 0.6) is 0 Å². The van der Waals surface area contributed by atoms with Gasteiger partial charge in [-0.3, -0.25) is 4.79 Å². The molecule has 2 rings (SSSR count). The van der Waals surface area contributed by atoms with E-state index < -0.39 is 11.4 Å². The Morgan fingerprint density at radius 1 is 1.55 bits per heavy atom. The number of rotatable bonds is 6. The molecule has 1 aliphatic heterocycles. The van der Waals surface area contributed by atoms with Crippen molar-refractivity contribution in [1.29, 1.82) is 0 Å². The standard InChI is InChI=1S/C15H24N4O3/c1-11-9-12(16-2)18-14(17-11)19-7-4-5-15(10-19,13(20)21)6-8-22-3/h9H,4-8,10H2,1-3H3,(H,20,21)(H,16,17,18)/t15-/m1/s1. The van der Waals surface area contributed by atoms with Crippen LogP contribution in [-0.4, -0.2) is 54.9 Å². The van der Waals surface area contributed by atoms with Crippen molar-refractivity contribution in [1.82, 2.24) is 9.97 Å². The maximum atomic E-state index is 11.8. The molecule has 0 spiro atoms. The fourth-order valence-electron chi connectivity index (χ4n) is 2.91. The summed E-state index contributed by atoms with van der Waals surface area (Å²) in [5.41, 5.74) is 0.0685. The highest BCUT2D eigenvalue weighted by Gasteiger charge is 2.42. The molecule has 22 heavy (non-hydrogen) atoms. The molecule has 1 saturated heterocycles. The summed E-state index contributed by atoms with van der Waals surface area (Å²) in [5.74, 6) is 0.564. The van der Waals surface area contributed by atoms with Gasteiger partial charge in [-0.15, -0.1) is 0 Å². The van der Waals surface area contributed by atoms with Gasteiger partial charge in [-0.1, -0.05) is 0 Å². The molecule has 1 aromatic rings. The minimum Gasteiger partial charge on any atom is -0.481 e. The zero-order valence-electron chi connectivity index (χ0n) is 13.4. The number of carboxylic acid groups (broad SMARTS) is 1. The van der Waals surface area contributed by atoms with E-state index in [0.717, 1.165) is 24.5 Å². The Hall–Kier alpha value is -1.89. The molecule has 0 bridgehead atoms. The van der Waals surface area contributed by atoms with E-state index in [1.807, 2.05) is 24.9 Å². The highest BCUT2D eigenvalue weighted by molar-refractivity contribution is 5.76. The normalized spacial score (nSPS) is 21.7. The molecule has 0 aromatic carbocycles. The zero-order chi connectivity index (χ0) is 16.2. The van der Waals surface area contributed by atoms with Gasteiger partial charge in [-0.25, -0.2) is 4.98 Å². The topological polar surface area (TPSA) is 87.6 Å². The van der Waals surface area contributed by atoms with Crippen molar-refractivity contribution in [3.8, 4) is 0 Å². The lowest BCUT2D eigenvalue weighted by Crippen LogP contribution is -2.49. The van der Waals surface area contributed by atoms with Crippen LogP contribution >= 0.6 is 0 Å². The summed E-state index contributed by atoms with van der Waals surface area (Å²) in [6, 6.07) is 1.86. The lowest BCUT2D eigenvalue weighted by atomic mass is 9.77. The van der Waals surface area contributed by atoms with Crippen LogP contribution in [0.1, 0.15) is 25.0 Å². The maximum Gasteiger partial charge on any atom is 0.311 e. The van der Waals surface area contributed by atoms with Gasteiger partial charge in [0.25, 0.3) is 0 Å². The van der Waals surface area contributed by atoms with E-state index in [2.05, 4.69) is 15.3 Å². The Labute approximate surface area is 130 Å². The third-order valence-corrected chi connectivity index (χ3v) is 4.20. The minimum absolute atomic E-state index is 0.415. The van der Waals surface area contributed by atoms with Crippen molar-refractivity contribution >= 4 is 17.7 Å². The van der Waals surface area contributed by atoms with Gasteiger partial charge in [0.05, 0.1) is 5.41 Å². The lowest BCUT2D eigenvalue weighted by Gasteiger charge is -2.40. The second kappa shape index (κ2) is 6.91. The second-order valence-electron chi connectivity index (χ2n) is 5.80. The number of anilines is 2. The van der Waals surface area contributed by atoms with Crippen LogP contribution in [0.4, 0.5) is 11.8 Å². The van der Waals surface area contributed by atoms with Gasteiger partial charge in [-0.05, 0) is 26.2 Å². The molecule has 0 radical (unpaired) electrons. The molecule has 1 atom stereocenters. The summed E-state index contributed by atoms with van der Waals surface area (Å²) in [4.78, 5) is 22.7. The number of hydrogen-bond donors (Lipinski definition) is 2. The number of methoxy groups -OCH3 is 1. The fourth-order valence-corrected chi connectivity index (χ4v) is 2.91. The maximum absolute atomic E-state index is 11.8. The number of ether oxygens (including phenoxy) is 1. The largest absolute Gasteiger partial charge is 0.481 e. The number of aliphatic carboxylic acids is 1. The number of carboxylic acids is 1. The monoisotopic (exact) mass is 308 g/mol. The molecule has 7 nitrogen and oxygen atoms in total. The molecule has 1 aliphatic rings. The van der Waals surface area contributed by atoms with Crippen molar-refractivity contribution in [2.24, 2.45) is 5.41 Å². The number of nitrogens with one attached hydrogen (secondary N) is 1. The van der Waals surface area contributed by atoms with E-state index in [1.54, 1.807) is 7.11 Å². The van der Waals surface area contributed by atoms with Gasteiger partial charge < -0.3 is 20.1 Å².